The van der Waals surface area contributed by atoms with Gasteiger partial charge in [0.15, 0.2) is 0 Å². The van der Waals surface area contributed by atoms with Gasteiger partial charge in [-0.2, -0.15) is 0 Å². The molecule has 0 spiro atoms. The van der Waals surface area contributed by atoms with Gasteiger partial charge < -0.3 is 10.4 Å². The number of hydrogen-bond acceptors (Lipinski definition) is 1. The highest BCUT2D eigenvalue weighted by molar-refractivity contribution is 5.63. The van der Waals surface area contributed by atoms with Crippen molar-refractivity contribution in [1.82, 2.24) is 5.32 Å². The highest BCUT2D eigenvalue weighted by atomic mass is 19.1. The minimum Gasteiger partial charge on any atom is -0.465 e. The van der Waals surface area contributed by atoms with Gasteiger partial charge in [-0.15, -0.1) is 0 Å². The van der Waals surface area contributed by atoms with Gasteiger partial charge in [-0.1, -0.05) is 19.4 Å². The number of carbonyl (C=O) groups is 1. The highest BCUT2D eigenvalue weighted by Gasteiger charge is 2.05. The fourth-order valence-electron chi connectivity index (χ4n) is 1.02. The van der Waals surface area contributed by atoms with Crippen LogP contribution in [0.3, 0.4) is 0 Å². The van der Waals surface area contributed by atoms with Gasteiger partial charge >= 0.3 is 6.09 Å². The van der Waals surface area contributed by atoms with Crippen molar-refractivity contribution in [3.8, 4) is 0 Å². The van der Waals surface area contributed by atoms with E-state index in [-0.39, 0.29) is 5.56 Å². The second kappa shape index (κ2) is 7.62. The maximum Gasteiger partial charge on any atom is 0.404 e. The number of amides is 1. The minimum atomic E-state index is -0.995. The van der Waals surface area contributed by atoms with E-state index in [4.69, 9.17) is 5.11 Å². The Morgan fingerprint density at radius 2 is 1.81 bits per heavy atom. The number of rotatable bonds is 2. The molecule has 0 aromatic heterocycles. The third-order valence-electron chi connectivity index (χ3n) is 1.78. The van der Waals surface area contributed by atoms with E-state index in [9.17, 15) is 13.6 Å². The summed E-state index contributed by atoms with van der Waals surface area (Å²) in [6, 6.07) is 3.95. The lowest BCUT2D eigenvalue weighted by atomic mass is 10.1. The molecule has 0 atom stereocenters. The number of halogens is 2. The molecule has 1 aromatic carbocycles. The van der Waals surface area contributed by atoms with Crippen LogP contribution < -0.4 is 5.32 Å². The molecule has 0 aliphatic rings. The van der Waals surface area contributed by atoms with Crippen LogP contribution in [0.15, 0.2) is 18.2 Å². The van der Waals surface area contributed by atoms with E-state index in [1.165, 1.54) is 25.2 Å². The normalized spacial score (nSPS) is 9.00. The zero-order valence-electron chi connectivity index (χ0n) is 9.26. The van der Waals surface area contributed by atoms with Gasteiger partial charge in [0.25, 0.3) is 0 Å². The molecule has 0 bridgehead atoms. The smallest absolute Gasteiger partial charge is 0.404 e. The molecule has 0 unspecified atom stereocenters. The molecule has 16 heavy (non-hydrogen) atoms. The van der Waals surface area contributed by atoms with E-state index in [0.717, 1.165) is 6.42 Å². The summed E-state index contributed by atoms with van der Waals surface area (Å²) in [4.78, 5) is 9.26. The van der Waals surface area contributed by atoms with Crippen molar-refractivity contribution < 1.29 is 18.7 Å². The molecule has 0 radical (unpaired) electrons. The maximum absolute atomic E-state index is 12.8. The van der Waals surface area contributed by atoms with E-state index in [2.05, 4.69) is 0 Å². The van der Waals surface area contributed by atoms with E-state index >= 15 is 0 Å². The monoisotopic (exact) mass is 231 g/mol. The lowest BCUT2D eigenvalue weighted by Gasteiger charge is -2.00. The Bertz CT molecular complexity index is 323. The summed E-state index contributed by atoms with van der Waals surface area (Å²) >= 11 is 0. The van der Waals surface area contributed by atoms with E-state index in [1.54, 1.807) is 0 Å². The Balaban J connectivity index is 0.000000385. The summed E-state index contributed by atoms with van der Waals surface area (Å²) in [7, 11) is 1.35. The number of nitrogens with one attached hydrogen (secondary N) is 1. The first-order valence-corrected chi connectivity index (χ1v) is 4.86. The Labute approximate surface area is 93.1 Å². The molecule has 1 amide bonds. The second-order valence-electron chi connectivity index (χ2n) is 3.01. The van der Waals surface area contributed by atoms with Crippen molar-refractivity contribution in [3.05, 3.63) is 35.4 Å². The molecule has 0 saturated heterocycles. The van der Waals surface area contributed by atoms with Crippen LogP contribution in [0.2, 0.25) is 0 Å². The molecule has 0 aliphatic carbocycles. The van der Waals surface area contributed by atoms with Gasteiger partial charge in [-0.3, -0.25) is 0 Å². The maximum atomic E-state index is 12.8. The van der Waals surface area contributed by atoms with Gasteiger partial charge in [-0.05, 0) is 18.6 Å². The molecular formula is C11H15F2NO2. The van der Waals surface area contributed by atoms with Crippen molar-refractivity contribution >= 4 is 6.09 Å². The molecule has 3 nitrogen and oxygen atoms in total. The molecule has 1 aromatic rings. The predicted octanol–water partition coefficient (Wildman–Crippen LogP) is 2.80. The SMILES string of the molecule is CCCc1c(F)cccc1F.CNC(=O)O. The molecule has 1 rings (SSSR count). The largest absolute Gasteiger partial charge is 0.465 e. The summed E-state index contributed by atoms with van der Waals surface area (Å²) in [5.74, 6) is -0.876. The van der Waals surface area contributed by atoms with Crippen molar-refractivity contribution in [1.29, 1.82) is 0 Å². The average Bonchev–Trinajstić information content (AvgIpc) is 2.24. The van der Waals surface area contributed by atoms with Crippen LogP contribution in [-0.4, -0.2) is 18.2 Å². The van der Waals surface area contributed by atoms with E-state index in [0.29, 0.717) is 6.42 Å². The predicted molar refractivity (Wildman–Crippen MR) is 57.4 cm³/mol. The van der Waals surface area contributed by atoms with Gasteiger partial charge in [0.05, 0.1) is 0 Å². The first kappa shape index (κ1) is 14.3. The van der Waals surface area contributed by atoms with Crippen LogP contribution in [0.5, 0.6) is 0 Å². The molecule has 5 heteroatoms. The lowest BCUT2D eigenvalue weighted by Crippen LogP contribution is -2.13. The summed E-state index contributed by atoms with van der Waals surface area (Å²) in [5, 5.41) is 9.56. The third-order valence-corrected chi connectivity index (χ3v) is 1.78. The fourth-order valence-corrected chi connectivity index (χ4v) is 1.02. The molecular weight excluding hydrogens is 216 g/mol. The summed E-state index contributed by atoms with van der Waals surface area (Å²) in [6.45, 7) is 1.89. The Hall–Kier alpha value is -1.65. The first-order chi connectivity index (χ1) is 7.52. The van der Waals surface area contributed by atoms with Crippen LogP contribution in [0.1, 0.15) is 18.9 Å². The summed E-state index contributed by atoms with van der Waals surface area (Å²) in [6.07, 6.45) is 0.237. The third kappa shape index (κ3) is 5.29. The first-order valence-electron chi connectivity index (χ1n) is 4.86. The van der Waals surface area contributed by atoms with Crippen LogP contribution in [0.25, 0.3) is 0 Å². The molecule has 2 N–H and O–H groups in total. The Morgan fingerprint density at radius 1 is 1.38 bits per heavy atom. The summed E-state index contributed by atoms with van der Waals surface area (Å²) < 4.78 is 25.6. The number of hydrogen-bond donors (Lipinski definition) is 2. The van der Waals surface area contributed by atoms with Crippen LogP contribution in [0.4, 0.5) is 13.6 Å². The van der Waals surface area contributed by atoms with Crippen molar-refractivity contribution in [2.75, 3.05) is 7.05 Å². The molecule has 0 aliphatic heterocycles. The fraction of sp³-hybridized carbons (Fsp3) is 0.364. The average molecular weight is 231 g/mol. The minimum absolute atomic E-state index is 0.204. The van der Waals surface area contributed by atoms with E-state index < -0.39 is 17.7 Å². The summed E-state index contributed by atoms with van der Waals surface area (Å²) in [5.41, 5.74) is 0.204. The Kier molecular flexibility index (Phi) is 6.83. The lowest BCUT2D eigenvalue weighted by molar-refractivity contribution is 0.197. The zero-order valence-corrected chi connectivity index (χ0v) is 9.26. The van der Waals surface area contributed by atoms with Crippen molar-refractivity contribution in [3.63, 3.8) is 0 Å². The van der Waals surface area contributed by atoms with Crippen molar-refractivity contribution in [2.45, 2.75) is 19.8 Å². The number of carboxylic acid groups (broad SMARTS) is 1. The molecule has 0 fully saturated rings. The molecule has 0 heterocycles. The van der Waals surface area contributed by atoms with Crippen LogP contribution in [0, 0.1) is 11.6 Å². The molecule has 90 valence electrons. The standard InChI is InChI=1S/C9H10F2.C2H5NO2/c1-2-4-7-8(10)5-3-6-9(7)11;1-3-2(4)5/h3,5-6H,2,4H2,1H3;3H,1H3,(H,4,5). The van der Waals surface area contributed by atoms with Crippen LogP contribution in [-0.2, 0) is 6.42 Å². The van der Waals surface area contributed by atoms with E-state index in [1.807, 2.05) is 12.2 Å². The van der Waals surface area contributed by atoms with Gasteiger partial charge in [0, 0.05) is 12.6 Å². The van der Waals surface area contributed by atoms with Gasteiger partial charge in [0.2, 0.25) is 0 Å². The van der Waals surface area contributed by atoms with Gasteiger partial charge in [-0.25, -0.2) is 13.6 Å². The zero-order chi connectivity index (χ0) is 12.6. The number of benzene rings is 1. The topological polar surface area (TPSA) is 49.3 Å². The van der Waals surface area contributed by atoms with Gasteiger partial charge in [0.1, 0.15) is 11.6 Å². The highest BCUT2D eigenvalue weighted by Crippen LogP contribution is 2.13. The Morgan fingerprint density at radius 3 is 2.12 bits per heavy atom. The second-order valence-corrected chi connectivity index (χ2v) is 3.01. The van der Waals surface area contributed by atoms with Crippen molar-refractivity contribution in [2.24, 2.45) is 0 Å². The molecule has 0 saturated carbocycles. The quantitative estimate of drug-likeness (QED) is 0.822. The van der Waals surface area contributed by atoms with Crippen LogP contribution >= 0.6 is 0 Å².